The molecule has 5 nitrogen and oxygen atoms in total. The molecule has 1 atom stereocenters. The maximum Gasteiger partial charge on any atom is 0.251 e. The number of fused-ring (bicyclic) bond motifs is 1. The van der Waals surface area contributed by atoms with Gasteiger partial charge in [0.05, 0.1) is 6.10 Å². The van der Waals surface area contributed by atoms with E-state index >= 15 is 0 Å². The minimum Gasteiger partial charge on any atom is -0.391 e. The van der Waals surface area contributed by atoms with Gasteiger partial charge in [0.1, 0.15) is 0 Å². The standard InChI is InChI=1S/C14H18N2O3/c1-2-11(17)8-15-14(19)10-3-5-12-9(7-10)4-6-13(18)16-12/h3,5,7,11,17H,2,4,6,8H2,1H3,(H,15,19)(H,16,18). The molecule has 2 rings (SSSR count). The number of anilines is 1. The van der Waals surface area contributed by atoms with E-state index in [1.165, 1.54) is 0 Å². The molecule has 0 fully saturated rings. The van der Waals surface area contributed by atoms with Gasteiger partial charge in [-0.05, 0) is 36.6 Å². The number of rotatable bonds is 4. The van der Waals surface area contributed by atoms with Crippen LogP contribution >= 0.6 is 0 Å². The lowest BCUT2D eigenvalue weighted by molar-refractivity contribution is -0.116. The first kappa shape index (κ1) is 13.5. The molecule has 19 heavy (non-hydrogen) atoms. The Morgan fingerprint density at radius 1 is 1.47 bits per heavy atom. The minimum atomic E-state index is -0.513. The quantitative estimate of drug-likeness (QED) is 0.759. The molecule has 0 spiro atoms. The second-order valence-corrected chi connectivity index (χ2v) is 4.69. The Labute approximate surface area is 112 Å². The topological polar surface area (TPSA) is 78.4 Å². The lowest BCUT2D eigenvalue weighted by atomic mass is 10.00. The number of carbonyl (C=O) groups excluding carboxylic acids is 2. The molecule has 2 amide bonds. The monoisotopic (exact) mass is 262 g/mol. The Kier molecular flexibility index (Phi) is 4.16. The van der Waals surface area contributed by atoms with E-state index in [4.69, 9.17) is 0 Å². The van der Waals surface area contributed by atoms with Crippen LogP contribution in [0, 0.1) is 0 Å². The van der Waals surface area contributed by atoms with E-state index in [9.17, 15) is 14.7 Å². The van der Waals surface area contributed by atoms with Crippen molar-refractivity contribution in [1.82, 2.24) is 5.32 Å². The van der Waals surface area contributed by atoms with Crippen LogP contribution in [0.2, 0.25) is 0 Å². The second-order valence-electron chi connectivity index (χ2n) is 4.69. The summed E-state index contributed by atoms with van der Waals surface area (Å²) in [5, 5.41) is 14.9. The van der Waals surface area contributed by atoms with E-state index in [1.54, 1.807) is 18.2 Å². The first-order chi connectivity index (χ1) is 9.10. The van der Waals surface area contributed by atoms with Crippen LogP contribution in [0.5, 0.6) is 0 Å². The summed E-state index contributed by atoms with van der Waals surface area (Å²) in [4.78, 5) is 23.1. The van der Waals surface area contributed by atoms with Crippen molar-refractivity contribution in [2.24, 2.45) is 0 Å². The van der Waals surface area contributed by atoms with Gasteiger partial charge in [0.15, 0.2) is 0 Å². The van der Waals surface area contributed by atoms with Crippen LogP contribution in [0.3, 0.4) is 0 Å². The maximum absolute atomic E-state index is 11.9. The number of nitrogens with one attached hydrogen (secondary N) is 2. The normalized spacial score (nSPS) is 15.4. The third-order valence-corrected chi connectivity index (χ3v) is 3.23. The van der Waals surface area contributed by atoms with Crippen molar-refractivity contribution in [2.75, 3.05) is 11.9 Å². The highest BCUT2D eigenvalue weighted by molar-refractivity contribution is 5.97. The van der Waals surface area contributed by atoms with Crippen LogP contribution < -0.4 is 10.6 Å². The summed E-state index contributed by atoms with van der Waals surface area (Å²) in [6, 6.07) is 5.22. The fourth-order valence-electron chi connectivity index (χ4n) is 1.98. The molecule has 102 valence electrons. The highest BCUT2D eigenvalue weighted by Gasteiger charge is 2.16. The predicted octanol–water partition coefficient (Wildman–Crippen LogP) is 1.07. The van der Waals surface area contributed by atoms with Crippen molar-refractivity contribution in [2.45, 2.75) is 32.3 Å². The Morgan fingerprint density at radius 3 is 3.00 bits per heavy atom. The number of hydrogen-bond acceptors (Lipinski definition) is 3. The zero-order valence-corrected chi connectivity index (χ0v) is 10.9. The largest absolute Gasteiger partial charge is 0.391 e. The maximum atomic E-state index is 11.9. The minimum absolute atomic E-state index is 0.00997. The van der Waals surface area contributed by atoms with Crippen molar-refractivity contribution in [3.8, 4) is 0 Å². The molecule has 1 aliphatic heterocycles. The first-order valence-corrected chi connectivity index (χ1v) is 6.49. The molecule has 5 heteroatoms. The summed E-state index contributed by atoms with van der Waals surface area (Å²) in [7, 11) is 0. The van der Waals surface area contributed by atoms with Crippen LogP contribution in [0.25, 0.3) is 0 Å². The van der Waals surface area contributed by atoms with Crippen LogP contribution in [0.4, 0.5) is 5.69 Å². The predicted molar refractivity (Wildman–Crippen MR) is 72.0 cm³/mol. The van der Waals surface area contributed by atoms with Crippen molar-refractivity contribution in [1.29, 1.82) is 0 Å². The number of hydrogen-bond donors (Lipinski definition) is 3. The van der Waals surface area contributed by atoms with Crippen molar-refractivity contribution in [3.63, 3.8) is 0 Å². The number of amides is 2. The van der Waals surface area contributed by atoms with E-state index < -0.39 is 6.10 Å². The van der Waals surface area contributed by atoms with Gasteiger partial charge >= 0.3 is 0 Å². The number of benzene rings is 1. The van der Waals surface area contributed by atoms with Crippen molar-refractivity contribution < 1.29 is 14.7 Å². The Hall–Kier alpha value is -1.88. The van der Waals surface area contributed by atoms with Gasteiger partial charge in [0.2, 0.25) is 5.91 Å². The van der Waals surface area contributed by atoms with Gasteiger partial charge in [-0.15, -0.1) is 0 Å². The molecule has 1 aromatic rings. The van der Waals surface area contributed by atoms with E-state index in [-0.39, 0.29) is 18.4 Å². The van der Waals surface area contributed by atoms with Crippen LogP contribution in [0.15, 0.2) is 18.2 Å². The molecule has 0 aliphatic carbocycles. The zero-order chi connectivity index (χ0) is 13.8. The summed E-state index contributed by atoms with van der Waals surface area (Å²) < 4.78 is 0. The summed E-state index contributed by atoms with van der Waals surface area (Å²) >= 11 is 0. The first-order valence-electron chi connectivity index (χ1n) is 6.49. The molecule has 0 saturated heterocycles. The number of carbonyl (C=O) groups is 2. The average molecular weight is 262 g/mol. The third-order valence-electron chi connectivity index (χ3n) is 3.23. The smallest absolute Gasteiger partial charge is 0.251 e. The van der Waals surface area contributed by atoms with Crippen LogP contribution in [0.1, 0.15) is 35.7 Å². The summed E-state index contributed by atoms with van der Waals surface area (Å²) in [5.41, 5.74) is 2.31. The van der Waals surface area contributed by atoms with Gasteiger partial charge in [-0.1, -0.05) is 6.92 Å². The highest BCUT2D eigenvalue weighted by Crippen LogP contribution is 2.23. The lowest BCUT2D eigenvalue weighted by Gasteiger charge is -2.17. The molecule has 0 bridgehead atoms. The van der Waals surface area contributed by atoms with E-state index in [0.29, 0.717) is 24.8 Å². The SMILES string of the molecule is CCC(O)CNC(=O)c1ccc2c(c1)CCC(=O)N2. The van der Waals surface area contributed by atoms with E-state index in [0.717, 1.165) is 11.3 Å². The molecular formula is C14H18N2O3. The van der Waals surface area contributed by atoms with Gasteiger partial charge in [0.25, 0.3) is 5.91 Å². The lowest BCUT2D eigenvalue weighted by Crippen LogP contribution is -2.31. The van der Waals surface area contributed by atoms with Gasteiger partial charge in [-0.2, -0.15) is 0 Å². The molecule has 3 N–H and O–H groups in total. The summed E-state index contributed by atoms with van der Waals surface area (Å²) in [5.74, 6) is -0.192. The van der Waals surface area contributed by atoms with Crippen LogP contribution in [-0.4, -0.2) is 29.6 Å². The highest BCUT2D eigenvalue weighted by atomic mass is 16.3. The number of aryl methyl sites for hydroxylation is 1. The molecule has 1 unspecified atom stereocenters. The summed E-state index contributed by atoms with van der Waals surface area (Å²) in [6.45, 7) is 2.11. The fraction of sp³-hybridized carbons (Fsp3) is 0.429. The average Bonchev–Trinajstić information content (AvgIpc) is 2.43. The van der Waals surface area contributed by atoms with Crippen molar-refractivity contribution in [3.05, 3.63) is 29.3 Å². The zero-order valence-electron chi connectivity index (χ0n) is 10.9. The molecule has 1 aliphatic rings. The molecule has 0 radical (unpaired) electrons. The van der Waals surface area contributed by atoms with Gasteiger partial charge < -0.3 is 15.7 Å². The Balaban J connectivity index is 2.05. The molecule has 1 aromatic carbocycles. The molecule has 1 heterocycles. The molecular weight excluding hydrogens is 244 g/mol. The Morgan fingerprint density at radius 2 is 2.26 bits per heavy atom. The van der Waals surface area contributed by atoms with Gasteiger partial charge in [-0.25, -0.2) is 0 Å². The molecule has 0 aromatic heterocycles. The number of aliphatic hydroxyl groups excluding tert-OH is 1. The second kappa shape index (κ2) is 5.84. The van der Waals surface area contributed by atoms with Gasteiger partial charge in [0, 0.05) is 24.2 Å². The van der Waals surface area contributed by atoms with Gasteiger partial charge in [-0.3, -0.25) is 9.59 Å². The van der Waals surface area contributed by atoms with E-state index in [1.807, 2.05) is 6.92 Å². The fourth-order valence-corrected chi connectivity index (χ4v) is 1.98. The summed E-state index contributed by atoms with van der Waals surface area (Å²) in [6.07, 6.45) is 1.20. The molecule has 0 saturated carbocycles. The van der Waals surface area contributed by atoms with Crippen LogP contribution in [-0.2, 0) is 11.2 Å². The van der Waals surface area contributed by atoms with Crippen molar-refractivity contribution >= 4 is 17.5 Å². The Bertz CT molecular complexity index is 499. The number of aliphatic hydroxyl groups is 1. The third kappa shape index (κ3) is 3.32. The van der Waals surface area contributed by atoms with E-state index in [2.05, 4.69) is 10.6 Å².